The summed E-state index contributed by atoms with van der Waals surface area (Å²) in [5.41, 5.74) is 5.50. The first-order valence-electron chi connectivity index (χ1n) is 5.67. The maximum Gasteiger partial charge on any atom is 0.305 e. The molecule has 0 aromatic heterocycles. The predicted octanol–water partition coefficient (Wildman–Crippen LogP) is 0.431. The lowest BCUT2D eigenvalue weighted by Gasteiger charge is -2.11. The SMILES string of the molecule is CCC(CN)CC(=O)NCCCC(=O)OC. The zero-order valence-electron chi connectivity index (χ0n) is 10.1. The maximum atomic E-state index is 11.4. The minimum absolute atomic E-state index is 0.00201. The Labute approximate surface area is 96.7 Å². The van der Waals surface area contributed by atoms with Crippen molar-refractivity contribution >= 4 is 11.9 Å². The Balaban J connectivity index is 3.54. The molecule has 3 N–H and O–H groups in total. The van der Waals surface area contributed by atoms with E-state index in [1.165, 1.54) is 7.11 Å². The molecule has 0 aliphatic rings. The van der Waals surface area contributed by atoms with E-state index in [1.54, 1.807) is 0 Å². The molecule has 0 aliphatic heterocycles. The van der Waals surface area contributed by atoms with Gasteiger partial charge in [0.05, 0.1) is 7.11 Å². The Morgan fingerprint density at radius 2 is 2.12 bits per heavy atom. The predicted molar refractivity (Wildman–Crippen MR) is 61.7 cm³/mol. The smallest absolute Gasteiger partial charge is 0.305 e. The molecule has 5 nitrogen and oxygen atoms in total. The van der Waals surface area contributed by atoms with Crippen LogP contribution in [0, 0.1) is 5.92 Å². The molecule has 16 heavy (non-hydrogen) atoms. The summed E-state index contributed by atoms with van der Waals surface area (Å²) in [6.45, 7) is 3.06. The summed E-state index contributed by atoms with van der Waals surface area (Å²) in [5.74, 6) is 0.00501. The van der Waals surface area contributed by atoms with Gasteiger partial charge in [-0.15, -0.1) is 0 Å². The van der Waals surface area contributed by atoms with Gasteiger partial charge in [-0.3, -0.25) is 9.59 Å². The number of carbonyl (C=O) groups is 2. The fourth-order valence-corrected chi connectivity index (χ4v) is 1.29. The highest BCUT2D eigenvalue weighted by Gasteiger charge is 2.09. The van der Waals surface area contributed by atoms with E-state index in [0.29, 0.717) is 32.4 Å². The van der Waals surface area contributed by atoms with Crippen molar-refractivity contribution in [3.05, 3.63) is 0 Å². The van der Waals surface area contributed by atoms with Gasteiger partial charge in [0, 0.05) is 19.4 Å². The van der Waals surface area contributed by atoms with E-state index in [2.05, 4.69) is 10.1 Å². The van der Waals surface area contributed by atoms with Gasteiger partial charge in [-0.1, -0.05) is 13.3 Å². The van der Waals surface area contributed by atoms with Crippen LogP contribution in [0.5, 0.6) is 0 Å². The van der Waals surface area contributed by atoms with Gasteiger partial charge < -0.3 is 15.8 Å². The second kappa shape index (κ2) is 9.15. The quantitative estimate of drug-likeness (QED) is 0.468. The molecular weight excluding hydrogens is 208 g/mol. The van der Waals surface area contributed by atoms with Gasteiger partial charge in [0.15, 0.2) is 0 Å². The van der Waals surface area contributed by atoms with Crippen LogP contribution in [0.2, 0.25) is 0 Å². The average molecular weight is 230 g/mol. The average Bonchev–Trinajstić information content (AvgIpc) is 2.31. The second-order valence-electron chi connectivity index (χ2n) is 3.74. The third-order valence-electron chi connectivity index (χ3n) is 2.49. The molecule has 0 rings (SSSR count). The molecule has 1 atom stereocenters. The van der Waals surface area contributed by atoms with Gasteiger partial charge in [-0.05, 0) is 18.9 Å². The highest BCUT2D eigenvalue weighted by atomic mass is 16.5. The lowest BCUT2D eigenvalue weighted by molar-refractivity contribution is -0.140. The number of hydrogen-bond acceptors (Lipinski definition) is 4. The zero-order chi connectivity index (χ0) is 12.4. The summed E-state index contributed by atoms with van der Waals surface area (Å²) in [6, 6.07) is 0. The van der Waals surface area contributed by atoms with Gasteiger partial charge in [0.25, 0.3) is 0 Å². The van der Waals surface area contributed by atoms with Crippen LogP contribution in [0.4, 0.5) is 0 Å². The van der Waals surface area contributed by atoms with E-state index < -0.39 is 0 Å². The molecule has 1 unspecified atom stereocenters. The topological polar surface area (TPSA) is 81.4 Å². The second-order valence-corrected chi connectivity index (χ2v) is 3.74. The van der Waals surface area contributed by atoms with Crippen molar-refractivity contribution in [2.45, 2.75) is 32.6 Å². The molecule has 5 heteroatoms. The largest absolute Gasteiger partial charge is 0.469 e. The van der Waals surface area contributed by atoms with E-state index in [9.17, 15) is 9.59 Å². The third-order valence-corrected chi connectivity index (χ3v) is 2.49. The summed E-state index contributed by atoms with van der Waals surface area (Å²) in [6.07, 6.45) is 2.32. The van der Waals surface area contributed by atoms with Crippen LogP contribution in [-0.2, 0) is 14.3 Å². The molecular formula is C11H22N2O3. The minimum Gasteiger partial charge on any atom is -0.469 e. The van der Waals surface area contributed by atoms with Crippen LogP contribution >= 0.6 is 0 Å². The Hall–Kier alpha value is -1.10. The standard InChI is InChI=1S/C11H22N2O3/c1-3-9(8-12)7-10(14)13-6-4-5-11(15)16-2/h9H,3-8,12H2,1-2H3,(H,13,14). The number of esters is 1. The highest BCUT2D eigenvalue weighted by molar-refractivity contribution is 5.76. The molecule has 0 aromatic rings. The summed E-state index contributed by atoms with van der Waals surface area (Å²) in [7, 11) is 1.36. The van der Waals surface area contributed by atoms with E-state index in [0.717, 1.165) is 6.42 Å². The number of hydrogen-bond donors (Lipinski definition) is 2. The van der Waals surface area contributed by atoms with Gasteiger partial charge in [-0.25, -0.2) is 0 Å². The van der Waals surface area contributed by atoms with Crippen molar-refractivity contribution in [2.24, 2.45) is 11.7 Å². The Morgan fingerprint density at radius 1 is 1.44 bits per heavy atom. The minimum atomic E-state index is -0.248. The number of rotatable bonds is 8. The van der Waals surface area contributed by atoms with E-state index >= 15 is 0 Å². The van der Waals surface area contributed by atoms with E-state index in [1.807, 2.05) is 6.92 Å². The van der Waals surface area contributed by atoms with E-state index in [4.69, 9.17) is 5.73 Å². The Bertz CT molecular complexity index is 215. The van der Waals surface area contributed by atoms with Crippen molar-refractivity contribution in [1.82, 2.24) is 5.32 Å². The lowest BCUT2D eigenvalue weighted by Crippen LogP contribution is -2.29. The van der Waals surface area contributed by atoms with Crippen molar-refractivity contribution in [1.29, 1.82) is 0 Å². The number of nitrogens with one attached hydrogen (secondary N) is 1. The first-order valence-corrected chi connectivity index (χ1v) is 5.67. The molecule has 0 aliphatic carbocycles. The molecule has 0 bridgehead atoms. The number of ether oxygens (including phenoxy) is 1. The molecule has 94 valence electrons. The number of carbonyl (C=O) groups excluding carboxylic acids is 2. The van der Waals surface area contributed by atoms with Gasteiger partial charge in [0.2, 0.25) is 5.91 Å². The van der Waals surface area contributed by atoms with Gasteiger partial charge in [-0.2, -0.15) is 0 Å². The molecule has 0 heterocycles. The fraction of sp³-hybridized carbons (Fsp3) is 0.818. The molecule has 0 spiro atoms. The molecule has 0 saturated heterocycles. The summed E-state index contributed by atoms with van der Waals surface area (Å²) < 4.78 is 4.49. The summed E-state index contributed by atoms with van der Waals surface area (Å²) >= 11 is 0. The number of amides is 1. The zero-order valence-corrected chi connectivity index (χ0v) is 10.1. The van der Waals surface area contributed by atoms with Crippen LogP contribution in [-0.4, -0.2) is 32.1 Å². The van der Waals surface area contributed by atoms with Crippen molar-refractivity contribution < 1.29 is 14.3 Å². The van der Waals surface area contributed by atoms with Crippen LogP contribution in [0.25, 0.3) is 0 Å². The van der Waals surface area contributed by atoms with Crippen LogP contribution in [0.15, 0.2) is 0 Å². The summed E-state index contributed by atoms with van der Waals surface area (Å²) in [4.78, 5) is 22.2. The number of methoxy groups -OCH3 is 1. The van der Waals surface area contributed by atoms with Gasteiger partial charge >= 0.3 is 5.97 Å². The number of nitrogens with two attached hydrogens (primary N) is 1. The lowest BCUT2D eigenvalue weighted by atomic mass is 10.0. The first-order chi connectivity index (χ1) is 7.63. The van der Waals surface area contributed by atoms with Crippen LogP contribution in [0.3, 0.4) is 0 Å². The molecule has 0 fully saturated rings. The van der Waals surface area contributed by atoms with Crippen LogP contribution in [0.1, 0.15) is 32.6 Å². The normalized spacial score (nSPS) is 11.9. The van der Waals surface area contributed by atoms with Crippen LogP contribution < -0.4 is 11.1 Å². The van der Waals surface area contributed by atoms with Crippen molar-refractivity contribution in [3.8, 4) is 0 Å². The van der Waals surface area contributed by atoms with Gasteiger partial charge in [0.1, 0.15) is 0 Å². The molecule has 1 amide bonds. The fourth-order valence-electron chi connectivity index (χ4n) is 1.29. The Morgan fingerprint density at radius 3 is 2.62 bits per heavy atom. The molecule has 0 radical (unpaired) electrons. The first kappa shape index (κ1) is 14.9. The third kappa shape index (κ3) is 7.23. The summed E-state index contributed by atoms with van der Waals surface area (Å²) in [5, 5.41) is 2.76. The maximum absolute atomic E-state index is 11.4. The monoisotopic (exact) mass is 230 g/mol. The van der Waals surface area contributed by atoms with Crippen molar-refractivity contribution in [2.75, 3.05) is 20.2 Å². The highest BCUT2D eigenvalue weighted by Crippen LogP contribution is 2.05. The van der Waals surface area contributed by atoms with E-state index in [-0.39, 0.29) is 17.8 Å². The molecule has 0 aromatic carbocycles. The van der Waals surface area contributed by atoms with Crippen molar-refractivity contribution in [3.63, 3.8) is 0 Å². The molecule has 0 saturated carbocycles. The Kier molecular flexibility index (Phi) is 8.52.